The number of hydrogen-bond donors (Lipinski definition) is 1. The maximum atomic E-state index is 13.0. The Morgan fingerprint density at radius 1 is 1.00 bits per heavy atom. The van der Waals surface area contributed by atoms with Crippen LogP contribution >= 0.6 is 11.6 Å². The largest absolute Gasteiger partial charge is 0.324 e. The molecule has 1 N–H and O–H groups in total. The quantitative estimate of drug-likeness (QED) is 0.844. The van der Waals surface area contributed by atoms with Crippen LogP contribution in [0, 0.1) is 5.92 Å². The van der Waals surface area contributed by atoms with Gasteiger partial charge in [0.15, 0.2) is 5.78 Å². The van der Waals surface area contributed by atoms with Crippen molar-refractivity contribution in [1.29, 1.82) is 0 Å². The van der Waals surface area contributed by atoms with Gasteiger partial charge in [-0.2, -0.15) is 0 Å². The molecule has 0 saturated heterocycles. The van der Waals surface area contributed by atoms with E-state index in [2.05, 4.69) is 5.32 Å². The topological polar surface area (TPSA) is 63.2 Å². The maximum Gasteiger partial charge on any atom is 0.235 e. The molecule has 2 aromatic carbocycles. The van der Waals surface area contributed by atoms with Gasteiger partial charge >= 0.3 is 0 Å². The molecule has 1 amide bonds. The van der Waals surface area contributed by atoms with Crippen molar-refractivity contribution in [3.8, 4) is 0 Å². The maximum absolute atomic E-state index is 13.0. The van der Waals surface area contributed by atoms with E-state index in [1.807, 2.05) is 12.1 Å². The number of hydrogen-bond acceptors (Lipinski definition) is 3. The van der Waals surface area contributed by atoms with Crippen LogP contribution in [0.2, 0.25) is 5.02 Å². The molecule has 1 aliphatic carbocycles. The van der Waals surface area contributed by atoms with Gasteiger partial charge in [-0.15, -0.1) is 0 Å². The van der Waals surface area contributed by atoms with E-state index in [1.165, 1.54) is 6.92 Å². The van der Waals surface area contributed by atoms with E-state index in [0.29, 0.717) is 27.4 Å². The lowest BCUT2D eigenvalue weighted by atomic mass is 9.75. The van der Waals surface area contributed by atoms with E-state index in [9.17, 15) is 14.4 Å². The molecule has 4 nitrogen and oxygen atoms in total. The predicted octanol–water partition coefficient (Wildman–Crippen LogP) is 3.37. The van der Waals surface area contributed by atoms with Gasteiger partial charge < -0.3 is 5.32 Å². The van der Waals surface area contributed by atoms with Crippen molar-refractivity contribution in [3.05, 3.63) is 75.8 Å². The Kier molecular flexibility index (Phi) is 3.58. The summed E-state index contributed by atoms with van der Waals surface area (Å²) in [5, 5.41) is 3.33. The average molecular weight is 352 g/mol. The van der Waals surface area contributed by atoms with Gasteiger partial charge in [-0.1, -0.05) is 48.0 Å². The summed E-state index contributed by atoms with van der Waals surface area (Å²) in [5.74, 6) is -2.34. The standard InChI is InChI=1S/C20H14ClNO3/c1-10(23)15-16(11-6-8-12(21)9-7-11)17-18(22-20(15)25)13-4-2-3-5-14(13)19(17)24/h2-9,15-16H,1H3,(H,22,25). The van der Waals surface area contributed by atoms with Crippen molar-refractivity contribution in [3.63, 3.8) is 0 Å². The highest BCUT2D eigenvalue weighted by Crippen LogP contribution is 2.46. The lowest BCUT2D eigenvalue weighted by Crippen LogP contribution is -2.43. The van der Waals surface area contributed by atoms with Crippen molar-refractivity contribution >= 4 is 34.8 Å². The van der Waals surface area contributed by atoms with Gasteiger partial charge in [0.05, 0.1) is 5.70 Å². The van der Waals surface area contributed by atoms with Gasteiger partial charge in [-0.3, -0.25) is 14.4 Å². The number of rotatable bonds is 2. The molecule has 0 radical (unpaired) electrons. The summed E-state index contributed by atoms with van der Waals surface area (Å²) in [7, 11) is 0. The van der Waals surface area contributed by atoms with Crippen LogP contribution in [0.3, 0.4) is 0 Å². The molecule has 0 bridgehead atoms. The molecule has 0 spiro atoms. The number of carbonyl (C=O) groups excluding carboxylic acids is 3. The Morgan fingerprint density at radius 3 is 2.28 bits per heavy atom. The highest BCUT2D eigenvalue weighted by Gasteiger charge is 2.47. The van der Waals surface area contributed by atoms with Crippen LogP contribution in [-0.2, 0) is 9.59 Å². The molecule has 124 valence electrons. The number of halogens is 1. The van der Waals surface area contributed by atoms with Crippen LogP contribution in [0.4, 0.5) is 0 Å². The van der Waals surface area contributed by atoms with Crippen molar-refractivity contribution < 1.29 is 14.4 Å². The van der Waals surface area contributed by atoms with E-state index in [1.54, 1.807) is 36.4 Å². The first-order valence-electron chi connectivity index (χ1n) is 7.94. The highest BCUT2D eigenvalue weighted by molar-refractivity contribution is 6.30. The van der Waals surface area contributed by atoms with Gasteiger partial charge in [0, 0.05) is 27.6 Å². The van der Waals surface area contributed by atoms with Gasteiger partial charge in [0.2, 0.25) is 5.91 Å². The molecule has 2 aromatic rings. The molecule has 2 atom stereocenters. The molecule has 25 heavy (non-hydrogen) atoms. The predicted molar refractivity (Wildman–Crippen MR) is 94.2 cm³/mol. The number of benzene rings is 2. The number of carbonyl (C=O) groups is 3. The minimum atomic E-state index is -0.932. The smallest absolute Gasteiger partial charge is 0.235 e. The minimum Gasteiger partial charge on any atom is -0.324 e. The summed E-state index contributed by atoms with van der Waals surface area (Å²) in [6.45, 7) is 1.38. The van der Waals surface area contributed by atoms with E-state index < -0.39 is 11.8 Å². The second-order valence-corrected chi connectivity index (χ2v) is 6.71. The number of ketones is 2. The number of amides is 1. The molecular weight excluding hydrogens is 338 g/mol. The van der Waals surface area contributed by atoms with Crippen LogP contribution in [0.1, 0.15) is 34.3 Å². The van der Waals surface area contributed by atoms with Gasteiger partial charge in [-0.05, 0) is 24.6 Å². The Bertz CT molecular complexity index is 959. The SMILES string of the molecule is CC(=O)C1C(=O)NC2=C(C(=O)c3ccccc32)C1c1ccc(Cl)cc1. The second-order valence-electron chi connectivity index (χ2n) is 6.27. The Balaban J connectivity index is 1.95. The zero-order valence-electron chi connectivity index (χ0n) is 13.4. The van der Waals surface area contributed by atoms with E-state index >= 15 is 0 Å². The molecule has 0 fully saturated rings. The molecule has 5 heteroatoms. The minimum absolute atomic E-state index is 0.142. The van der Waals surface area contributed by atoms with E-state index in [-0.39, 0.29) is 17.5 Å². The molecule has 4 rings (SSSR count). The third-order valence-corrected chi connectivity index (χ3v) is 5.05. The first-order valence-corrected chi connectivity index (χ1v) is 8.32. The van der Waals surface area contributed by atoms with Crippen LogP contribution in [0.5, 0.6) is 0 Å². The number of fused-ring (bicyclic) bond motifs is 2. The third kappa shape index (κ3) is 2.33. The van der Waals surface area contributed by atoms with Crippen LogP contribution in [0.15, 0.2) is 54.1 Å². The zero-order valence-corrected chi connectivity index (χ0v) is 14.1. The van der Waals surface area contributed by atoms with Crippen LogP contribution in [-0.4, -0.2) is 17.5 Å². The fourth-order valence-corrected chi connectivity index (χ4v) is 3.83. The summed E-state index contributed by atoms with van der Waals surface area (Å²) >= 11 is 5.97. The number of Topliss-reactive ketones (excluding diaryl/α,β-unsaturated/α-hetero) is 2. The van der Waals surface area contributed by atoms with E-state index in [0.717, 1.165) is 5.56 Å². The molecular formula is C20H14ClNO3. The average Bonchev–Trinajstić information content (AvgIpc) is 2.87. The second kappa shape index (κ2) is 5.67. The highest BCUT2D eigenvalue weighted by atomic mass is 35.5. The van der Waals surface area contributed by atoms with Crippen molar-refractivity contribution in [2.24, 2.45) is 5.92 Å². The first kappa shape index (κ1) is 15.8. The Morgan fingerprint density at radius 2 is 1.64 bits per heavy atom. The molecule has 0 aromatic heterocycles. The molecule has 1 heterocycles. The lowest BCUT2D eigenvalue weighted by molar-refractivity contribution is -0.133. The third-order valence-electron chi connectivity index (χ3n) is 4.80. The summed E-state index contributed by atoms with van der Waals surface area (Å²) in [5.41, 5.74) is 2.98. The molecule has 0 saturated carbocycles. The Labute approximate surface area is 149 Å². The summed E-state index contributed by atoms with van der Waals surface area (Å²) < 4.78 is 0. The normalized spacial score (nSPS) is 21.7. The van der Waals surface area contributed by atoms with Crippen molar-refractivity contribution in [2.75, 3.05) is 0 Å². The zero-order chi connectivity index (χ0) is 17.7. The monoisotopic (exact) mass is 351 g/mol. The van der Waals surface area contributed by atoms with Crippen molar-refractivity contribution in [1.82, 2.24) is 5.32 Å². The molecule has 2 unspecified atom stereocenters. The first-order chi connectivity index (χ1) is 12.0. The fourth-order valence-electron chi connectivity index (χ4n) is 3.70. The Hall–Kier alpha value is -2.72. The lowest BCUT2D eigenvalue weighted by Gasteiger charge is -2.31. The van der Waals surface area contributed by atoms with Gasteiger partial charge in [-0.25, -0.2) is 0 Å². The molecule has 1 aliphatic heterocycles. The van der Waals surface area contributed by atoms with Crippen LogP contribution in [0.25, 0.3) is 5.70 Å². The van der Waals surface area contributed by atoms with E-state index in [4.69, 9.17) is 11.6 Å². The summed E-state index contributed by atoms with van der Waals surface area (Å²) in [6.07, 6.45) is 0. The van der Waals surface area contributed by atoms with Crippen molar-refractivity contribution in [2.45, 2.75) is 12.8 Å². The van der Waals surface area contributed by atoms with Gasteiger partial charge in [0.1, 0.15) is 11.7 Å². The summed E-state index contributed by atoms with van der Waals surface area (Å²) in [4.78, 5) is 37.9. The molecule has 2 aliphatic rings. The number of allylic oxidation sites excluding steroid dienone is 1. The fraction of sp³-hybridized carbons (Fsp3) is 0.150. The van der Waals surface area contributed by atoms with Crippen LogP contribution < -0.4 is 5.32 Å². The summed E-state index contributed by atoms with van der Waals surface area (Å²) in [6, 6.07) is 14.1. The van der Waals surface area contributed by atoms with Gasteiger partial charge in [0.25, 0.3) is 0 Å². The number of nitrogens with one attached hydrogen (secondary N) is 1.